The van der Waals surface area contributed by atoms with Crippen LogP contribution in [0.2, 0.25) is 0 Å². The average Bonchev–Trinajstić information content (AvgIpc) is 2.35. The van der Waals surface area contributed by atoms with Crippen molar-refractivity contribution in [2.45, 2.75) is 87.0 Å². The highest BCUT2D eigenvalue weighted by atomic mass is 16.5. The van der Waals surface area contributed by atoms with Gasteiger partial charge in [-0.15, -0.1) is 0 Å². The summed E-state index contributed by atoms with van der Waals surface area (Å²) in [6.45, 7) is 21.7. The van der Waals surface area contributed by atoms with E-state index in [1.54, 1.807) is 7.11 Å². The second-order valence-corrected chi connectivity index (χ2v) is 9.20. The summed E-state index contributed by atoms with van der Waals surface area (Å²) in [6.07, 6.45) is 0. The van der Waals surface area contributed by atoms with Gasteiger partial charge in [0, 0.05) is 7.11 Å². The molecule has 0 heterocycles. The van der Waals surface area contributed by atoms with Gasteiger partial charge in [-0.2, -0.15) is 0 Å². The summed E-state index contributed by atoms with van der Waals surface area (Å²) in [7, 11) is 1.71. The zero-order valence-corrected chi connectivity index (χ0v) is 17.4. The number of ether oxygens (including phenoxy) is 2. The second kappa shape index (κ2) is 10.8. The smallest absolute Gasteiger partial charge is 0.0724 e. The molecule has 2 heteroatoms. The van der Waals surface area contributed by atoms with E-state index >= 15 is 0 Å². The fraction of sp³-hybridized carbons (Fsp3) is 0.714. The number of rotatable bonds is 2. The number of benzene rings is 1. The van der Waals surface area contributed by atoms with Crippen molar-refractivity contribution >= 4 is 0 Å². The van der Waals surface area contributed by atoms with Gasteiger partial charge < -0.3 is 9.47 Å². The molecule has 0 aromatic heterocycles. The average molecular weight is 325 g/mol. The predicted molar refractivity (Wildman–Crippen MR) is 103 cm³/mol. The van der Waals surface area contributed by atoms with E-state index in [1.807, 2.05) is 39.0 Å². The zero-order valence-electron chi connectivity index (χ0n) is 17.4. The lowest BCUT2D eigenvalue weighted by Crippen LogP contribution is -2.18. The summed E-state index contributed by atoms with van der Waals surface area (Å²) in [5, 5.41) is 0. The molecule has 0 N–H and O–H groups in total. The lowest BCUT2D eigenvalue weighted by molar-refractivity contribution is -0.0149. The third-order valence-electron chi connectivity index (χ3n) is 2.13. The molecule has 0 unspecified atom stereocenters. The van der Waals surface area contributed by atoms with Gasteiger partial charge in [-0.1, -0.05) is 58.0 Å². The van der Waals surface area contributed by atoms with Crippen LogP contribution in [-0.4, -0.2) is 18.3 Å². The van der Waals surface area contributed by atoms with Crippen LogP contribution in [0.5, 0.6) is 0 Å². The van der Waals surface area contributed by atoms with E-state index in [-0.39, 0.29) is 11.2 Å². The summed E-state index contributed by atoms with van der Waals surface area (Å²) in [5.74, 6) is 0. The van der Waals surface area contributed by atoms with Gasteiger partial charge in [0.1, 0.15) is 0 Å². The van der Waals surface area contributed by atoms with E-state index < -0.39 is 0 Å². The molecule has 0 saturated carbocycles. The van der Waals surface area contributed by atoms with Crippen LogP contribution in [-0.2, 0) is 16.1 Å². The van der Waals surface area contributed by atoms with E-state index in [0.717, 1.165) is 0 Å². The monoisotopic (exact) mass is 324 g/mol. The lowest BCUT2D eigenvalue weighted by Gasteiger charge is -2.19. The Morgan fingerprint density at radius 3 is 1.30 bits per heavy atom. The maximum atomic E-state index is 5.62. The molecule has 0 bridgehead atoms. The lowest BCUT2D eigenvalue weighted by atomic mass is 10.0. The SMILES string of the molecule is CC(C)(C)C.CC(C)(C)OCc1ccccc1.COC(C)(C)C. The Balaban J connectivity index is 0. The Kier molecular flexibility index (Phi) is 11.5. The number of methoxy groups -OCH3 is 1. The van der Waals surface area contributed by atoms with Crippen LogP contribution in [0, 0.1) is 5.41 Å². The molecule has 0 aliphatic rings. The topological polar surface area (TPSA) is 18.5 Å². The van der Waals surface area contributed by atoms with Crippen LogP contribution in [0.25, 0.3) is 0 Å². The van der Waals surface area contributed by atoms with Crippen molar-refractivity contribution in [2.75, 3.05) is 7.11 Å². The zero-order chi connectivity index (χ0) is 18.7. The van der Waals surface area contributed by atoms with E-state index in [2.05, 4.69) is 60.6 Å². The normalized spacial score (nSPS) is 11.8. The Hall–Kier alpha value is -0.860. The first-order valence-corrected chi connectivity index (χ1v) is 8.37. The van der Waals surface area contributed by atoms with Crippen LogP contribution in [0.1, 0.15) is 74.8 Å². The van der Waals surface area contributed by atoms with Crippen LogP contribution < -0.4 is 0 Å². The van der Waals surface area contributed by atoms with Gasteiger partial charge in [0.25, 0.3) is 0 Å². The van der Waals surface area contributed by atoms with E-state index in [9.17, 15) is 0 Å². The van der Waals surface area contributed by atoms with Crippen molar-refractivity contribution in [3.8, 4) is 0 Å². The summed E-state index contributed by atoms with van der Waals surface area (Å²) >= 11 is 0. The summed E-state index contributed by atoms with van der Waals surface area (Å²) < 4.78 is 10.6. The molecule has 0 spiro atoms. The molecule has 1 rings (SSSR count). The molecule has 1 aromatic carbocycles. The molecular weight excluding hydrogens is 284 g/mol. The predicted octanol–water partition coefficient (Wildman–Crippen LogP) is 6.49. The minimum atomic E-state index is -0.0458. The Morgan fingerprint density at radius 1 is 0.696 bits per heavy atom. The first-order valence-electron chi connectivity index (χ1n) is 8.37. The third kappa shape index (κ3) is 29.7. The van der Waals surface area contributed by atoms with Gasteiger partial charge in [-0.25, -0.2) is 0 Å². The number of hydrogen-bond donors (Lipinski definition) is 0. The molecule has 0 radical (unpaired) electrons. The molecule has 136 valence electrons. The summed E-state index contributed by atoms with van der Waals surface area (Å²) in [5.41, 5.74) is 1.72. The first-order chi connectivity index (χ1) is 10.1. The maximum Gasteiger partial charge on any atom is 0.0724 e. The van der Waals surface area contributed by atoms with Gasteiger partial charge in [0.05, 0.1) is 17.8 Å². The molecule has 2 nitrogen and oxygen atoms in total. The quantitative estimate of drug-likeness (QED) is 0.619. The van der Waals surface area contributed by atoms with Crippen molar-refractivity contribution in [2.24, 2.45) is 5.41 Å². The van der Waals surface area contributed by atoms with Crippen molar-refractivity contribution in [3.05, 3.63) is 35.9 Å². The molecule has 23 heavy (non-hydrogen) atoms. The highest BCUT2D eigenvalue weighted by Gasteiger charge is 2.09. The minimum absolute atomic E-state index is 0.0417. The fourth-order valence-electron chi connectivity index (χ4n) is 0.874. The molecule has 0 atom stereocenters. The van der Waals surface area contributed by atoms with Crippen molar-refractivity contribution in [1.82, 2.24) is 0 Å². The molecule has 0 aliphatic heterocycles. The van der Waals surface area contributed by atoms with Gasteiger partial charge >= 0.3 is 0 Å². The Bertz CT molecular complexity index is 369. The molecule has 0 saturated heterocycles. The highest BCUT2D eigenvalue weighted by molar-refractivity contribution is 5.13. The van der Waals surface area contributed by atoms with E-state index in [0.29, 0.717) is 12.0 Å². The van der Waals surface area contributed by atoms with Crippen LogP contribution in [0.15, 0.2) is 30.3 Å². The van der Waals surface area contributed by atoms with Crippen molar-refractivity contribution in [1.29, 1.82) is 0 Å². The first kappa shape index (κ1) is 24.4. The van der Waals surface area contributed by atoms with Crippen molar-refractivity contribution in [3.63, 3.8) is 0 Å². The highest BCUT2D eigenvalue weighted by Crippen LogP contribution is 2.11. The standard InChI is InChI=1S/C11H16O.C5H12O.C5H12/c1-11(2,3)12-9-10-7-5-4-6-8-10;1-5(2,3)6-4;1-5(2,3)4/h4-8H,9H2,1-3H3;1-4H3;1-4H3. The van der Waals surface area contributed by atoms with Crippen LogP contribution in [0.4, 0.5) is 0 Å². The van der Waals surface area contributed by atoms with E-state index in [1.165, 1.54) is 5.56 Å². The van der Waals surface area contributed by atoms with Crippen LogP contribution >= 0.6 is 0 Å². The maximum absolute atomic E-state index is 5.62. The van der Waals surface area contributed by atoms with E-state index in [4.69, 9.17) is 9.47 Å². The second-order valence-electron chi connectivity index (χ2n) is 9.20. The van der Waals surface area contributed by atoms with Gasteiger partial charge in [0.15, 0.2) is 0 Å². The van der Waals surface area contributed by atoms with Crippen LogP contribution in [0.3, 0.4) is 0 Å². The van der Waals surface area contributed by atoms with Crippen molar-refractivity contribution < 1.29 is 9.47 Å². The van der Waals surface area contributed by atoms with Gasteiger partial charge in [-0.3, -0.25) is 0 Å². The molecule has 1 aromatic rings. The third-order valence-corrected chi connectivity index (χ3v) is 2.13. The Morgan fingerprint density at radius 2 is 1.04 bits per heavy atom. The Labute approximate surface area is 145 Å². The molecular formula is C21H40O2. The fourth-order valence-corrected chi connectivity index (χ4v) is 0.874. The number of hydrogen-bond acceptors (Lipinski definition) is 2. The van der Waals surface area contributed by atoms with Gasteiger partial charge in [-0.05, 0) is 52.5 Å². The minimum Gasteiger partial charge on any atom is -0.379 e. The summed E-state index contributed by atoms with van der Waals surface area (Å²) in [4.78, 5) is 0. The summed E-state index contributed by atoms with van der Waals surface area (Å²) in [6, 6.07) is 10.2. The molecule has 0 aliphatic carbocycles. The molecule has 0 fully saturated rings. The largest absolute Gasteiger partial charge is 0.379 e. The van der Waals surface area contributed by atoms with Gasteiger partial charge in [0.2, 0.25) is 0 Å². The molecule has 0 amide bonds.